The number of benzene rings is 2. The van der Waals surface area contributed by atoms with Gasteiger partial charge in [-0.05, 0) is 18.2 Å². The quantitative estimate of drug-likeness (QED) is 0.618. The number of para-hydroxylation sites is 1. The van der Waals surface area contributed by atoms with Gasteiger partial charge in [0.2, 0.25) is 0 Å². The van der Waals surface area contributed by atoms with Crippen LogP contribution < -0.4 is 4.90 Å². The van der Waals surface area contributed by atoms with Crippen molar-refractivity contribution >= 4 is 28.8 Å². The standard InChI is InChI=1S/C18H9ClFN3O/c19-14-5-3-6-15(20)13(14)10-23-16-7-2-1-4-12(16)17(18(23)24)11(8-21)9-22/h1-7H,10H2. The summed E-state index contributed by atoms with van der Waals surface area (Å²) in [5.41, 5.74) is 0.935. The summed E-state index contributed by atoms with van der Waals surface area (Å²) in [6.45, 7) is -0.0883. The van der Waals surface area contributed by atoms with Crippen molar-refractivity contribution in [3.8, 4) is 12.1 Å². The third-order valence-electron chi connectivity index (χ3n) is 3.77. The van der Waals surface area contributed by atoms with Gasteiger partial charge >= 0.3 is 0 Å². The second kappa shape index (κ2) is 6.16. The van der Waals surface area contributed by atoms with Crippen molar-refractivity contribution in [2.45, 2.75) is 6.54 Å². The summed E-state index contributed by atoms with van der Waals surface area (Å²) in [5.74, 6) is -1.04. The molecule has 0 bridgehead atoms. The average Bonchev–Trinajstić information content (AvgIpc) is 2.85. The lowest BCUT2D eigenvalue weighted by atomic mass is 10.0. The second-order valence-corrected chi connectivity index (χ2v) is 5.49. The minimum Gasteiger partial charge on any atom is -0.303 e. The van der Waals surface area contributed by atoms with E-state index in [0.29, 0.717) is 11.3 Å². The van der Waals surface area contributed by atoms with Gasteiger partial charge in [0.15, 0.2) is 0 Å². The van der Waals surface area contributed by atoms with Crippen molar-refractivity contribution in [2.24, 2.45) is 0 Å². The van der Waals surface area contributed by atoms with Crippen LogP contribution in [0.4, 0.5) is 10.1 Å². The van der Waals surface area contributed by atoms with Crippen LogP contribution in [-0.2, 0) is 11.3 Å². The molecule has 3 rings (SSSR count). The predicted octanol–water partition coefficient (Wildman–Crippen LogP) is 3.83. The molecule has 1 aliphatic heterocycles. The topological polar surface area (TPSA) is 67.9 Å². The first-order valence-corrected chi connectivity index (χ1v) is 7.35. The Morgan fingerprint density at radius 2 is 1.83 bits per heavy atom. The average molecular weight is 338 g/mol. The van der Waals surface area contributed by atoms with Gasteiger partial charge in [-0.15, -0.1) is 0 Å². The Hall–Kier alpha value is -3.15. The first-order valence-electron chi connectivity index (χ1n) is 6.97. The van der Waals surface area contributed by atoms with Crippen LogP contribution in [0.25, 0.3) is 5.57 Å². The number of carbonyl (C=O) groups is 1. The molecule has 1 aliphatic rings. The maximum Gasteiger partial charge on any atom is 0.261 e. The van der Waals surface area contributed by atoms with E-state index in [2.05, 4.69) is 0 Å². The number of anilines is 1. The van der Waals surface area contributed by atoms with Gasteiger partial charge in [-0.3, -0.25) is 4.79 Å². The minimum atomic E-state index is -0.522. The maximum absolute atomic E-state index is 14.1. The lowest BCUT2D eigenvalue weighted by Gasteiger charge is -2.18. The molecule has 2 aromatic rings. The van der Waals surface area contributed by atoms with E-state index in [4.69, 9.17) is 22.1 Å². The van der Waals surface area contributed by atoms with E-state index < -0.39 is 11.7 Å². The molecule has 4 nitrogen and oxygen atoms in total. The second-order valence-electron chi connectivity index (χ2n) is 5.08. The summed E-state index contributed by atoms with van der Waals surface area (Å²) in [4.78, 5) is 14.1. The number of amides is 1. The number of rotatable bonds is 2. The van der Waals surface area contributed by atoms with Crippen LogP contribution in [0, 0.1) is 28.5 Å². The van der Waals surface area contributed by atoms with Crippen molar-refractivity contribution in [1.82, 2.24) is 0 Å². The Morgan fingerprint density at radius 1 is 1.12 bits per heavy atom. The smallest absolute Gasteiger partial charge is 0.261 e. The Balaban J connectivity index is 2.15. The van der Waals surface area contributed by atoms with Gasteiger partial charge in [0, 0.05) is 16.1 Å². The van der Waals surface area contributed by atoms with Crippen LogP contribution in [0.5, 0.6) is 0 Å². The van der Waals surface area contributed by atoms with Crippen molar-refractivity contribution in [2.75, 3.05) is 4.90 Å². The fourth-order valence-electron chi connectivity index (χ4n) is 2.66. The number of carbonyl (C=O) groups excluding carboxylic acids is 1. The van der Waals surface area contributed by atoms with E-state index in [1.807, 2.05) is 0 Å². The van der Waals surface area contributed by atoms with Crippen molar-refractivity contribution in [3.63, 3.8) is 0 Å². The van der Waals surface area contributed by atoms with Crippen LogP contribution in [0.2, 0.25) is 5.02 Å². The molecule has 0 atom stereocenters. The van der Waals surface area contributed by atoms with E-state index in [1.165, 1.54) is 17.0 Å². The van der Waals surface area contributed by atoms with Gasteiger partial charge in [-0.2, -0.15) is 10.5 Å². The maximum atomic E-state index is 14.1. The largest absolute Gasteiger partial charge is 0.303 e. The molecule has 1 heterocycles. The molecule has 116 valence electrons. The van der Waals surface area contributed by atoms with E-state index >= 15 is 0 Å². The van der Waals surface area contributed by atoms with Crippen LogP contribution >= 0.6 is 11.6 Å². The number of nitrogens with zero attached hydrogens (tertiary/aromatic N) is 3. The SMILES string of the molecule is N#CC(C#N)=C1C(=O)N(Cc2c(F)cccc2Cl)c2ccccc21. The first kappa shape index (κ1) is 15.7. The molecule has 24 heavy (non-hydrogen) atoms. The fraction of sp³-hybridized carbons (Fsp3) is 0.0556. The zero-order valence-electron chi connectivity index (χ0n) is 12.3. The molecule has 0 aliphatic carbocycles. The summed E-state index contributed by atoms with van der Waals surface area (Å²) in [6, 6.07) is 14.5. The molecule has 2 aromatic carbocycles. The van der Waals surface area contributed by atoms with E-state index in [9.17, 15) is 9.18 Å². The number of nitriles is 2. The molecule has 0 saturated carbocycles. The lowest BCUT2D eigenvalue weighted by molar-refractivity contribution is -0.113. The highest BCUT2D eigenvalue weighted by atomic mass is 35.5. The monoisotopic (exact) mass is 337 g/mol. The molecule has 0 radical (unpaired) electrons. The third-order valence-corrected chi connectivity index (χ3v) is 4.13. The summed E-state index contributed by atoms with van der Waals surface area (Å²) in [7, 11) is 0. The zero-order chi connectivity index (χ0) is 17.3. The van der Waals surface area contributed by atoms with Gasteiger partial charge in [0.1, 0.15) is 23.5 Å². The molecule has 0 saturated heterocycles. The number of fused-ring (bicyclic) bond motifs is 1. The van der Waals surface area contributed by atoms with E-state index in [0.717, 1.165) is 0 Å². The normalized spacial score (nSPS) is 12.6. The van der Waals surface area contributed by atoms with E-state index in [1.54, 1.807) is 42.5 Å². The summed E-state index contributed by atoms with van der Waals surface area (Å²) < 4.78 is 14.1. The van der Waals surface area contributed by atoms with Gasteiger partial charge in [0.25, 0.3) is 5.91 Å². The van der Waals surface area contributed by atoms with Gasteiger partial charge in [0.05, 0.1) is 17.8 Å². The molecule has 6 heteroatoms. The Labute approximate surface area is 142 Å². The molecular weight excluding hydrogens is 329 g/mol. The highest BCUT2D eigenvalue weighted by molar-refractivity contribution is 6.34. The van der Waals surface area contributed by atoms with Gasteiger partial charge in [-0.1, -0.05) is 35.9 Å². The predicted molar refractivity (Wildman–Crippen MR) is 87.2 cm³/mol. The minimum absolute atomic E-state index is 0.0306. The molecule has 1 amide bonds. The van der Waals surface area contributed by atoms with Crippen LogP contribution in [0.15, 0.2) is 48.0 Å². The molecule has 0 spiro atoms. The molecule has 0 unspecified atom stereocenters. The van der Waals surface area contributed by atoms with Crippen LogP contribution in [0.1, 0.15) is 11.1 Å². The number of hydrogen-bond acceptors (Lipinski definition) is 3. The number of halogens is 2. The highest BCUT2D eigenvalue weighted by Crippen LogP contribution is 2.39. The first-order chi connectivity index (χ1) is 11.6. The molecule has 0 fully saturated rings. The summed E-state index contributed by atoms with van der Waals surface area (Å²) in [5, 5.41) is 18.4. The van der Waals surface area contributed by atoms with E-state index in [-0.39, 0.29) is 28.3 Å². The van der Waals surface area contributed by atoms with Gasteiger partial charge in [-0.25, -0.2) is 4.39 Å². The lowest BCUT2D eigenvalue weighted by Crippen LogP contribution is -2.26. The Morgan fingerprint density at radius 3 is 2.50 bits per heavy atom. The summed E-state index contributed by atoms with van der Waals surface area (Å²) >= 11 is 6.04. The Kier molecular flexibility index (Phi) is 4.04. The van der Waals surface area contributed by atoms with Crippen LogP contribution in [0.3, 0.4) is 0 Å². The van der Waals surface area contributed by atoms with Crippen LogP contribution in [-0.4, -0.2) is 5.91 Å². The van der Waals surface area contributed by atoms with Crippen molar-refractivity contribution in [3.05, 3.63) is 70.0 Å². The molecule has 0 aromatic heterocycles. The number of hydrogen-bond donors (Lipinski definition) is 0. The zero-order valence-corrected chi connectivity index (χ0v) is 13.0. The number of allylic oxidation sites excluding steroid dienone is 1. The third kappa shape index (κ3) is 2.42. The molecule has 0 N–H and O–H groups in total. The van der Waals surface area contributed by atoms with Crippen molar-refractivity contribution in [1.29, 1.82) is 10.5 Å². The highest BCUT2D eigenvalue weighted by Gasteiger charge is 2.35. The van der Waals surface area contributed by atoms with Crippen molar-refractivity contribution < 1.29 is 9.18 Å². The fourth-order valence-corrected chi connectivity index (χ4v) is 2.88. The summed E-state index contributed by atoms with van der Waals surface area (Å²) in [6.07, 6.45) is 0. The van der Waals surface area contributed by atoms with Gasteiger partial charge < -0.3 is 4.90 Å². The Bertz CT molecular complexity index is 933. The molecular formula is C18H9ClFN3O.